The first-order valence-corrected chi connectivity index (χ1v) is 12.9. The van der Waals surface area contributed by atoms with Crippen LogP contribution in [-0.2, 0) is 9.59 Å². The molecule has 6 heteroatoms. The molecule has 2 heterocycles. The van der Waals surface area contributed by atoms with Crippen LogP contribution in [0.25, 0.3) is 16.7 Å². The molecule has 0 aliphatic carbocycles. The Morgan fingerprint density at radius 3 is 2.34 bits per heavy atom. The van der Waals surface area contributed by atoms with Crippen molar-refractivity contribution in [1.29, 1.82) is 0 Å². The molecule has 5 rings (SSSR count). The van der Waals surface area contributed by atoms with Crippen LogP contribution < -0.4 is 9.64 Å². The molecule has 0 saturated carbocycles. The molecule has 1 saturated heterocycles. The van der Waals surface area contributed by atoms with Gasteiger partial charge in [-0.15, -0.1) is 0 Å². The summed E-state index contributed by atoms with van der Waals surface area (Å²) in [4.78, 5) is 31.9. The number of carbonyl (C=O) groups excluding carboxylic acids is 2. The summed E-state index contributed by atoms with van der Waals surface area (Å²) in [6.45, 7) is 9.99. The molecule has 6 nitrogen and oxygen atoms in total. The number of Topliss-reactive ketones (excluding diaryl/α,β-unsaturated/α-hetero) is 1. The Morgan fingerprint density at radius 1 is 0.974 bits per heavy atom. The summed E-state index contributed by atoms with van der Waals surface area (Å²) >= 11 is 0. The molecule has 1 aliphatic heterocycles. The summed E-state index contributed by atoms with van der Waals surface area (Å²) in [6.07, 6.45) is 1.82. The second-order valence-corrected chi connectivity index (χ2v) is 10.4. The van der Waals surface area contributed by atoms with Crippen LogP contribution >= 0.6 is 0 Å². The van der Waals surface area contributed by atoms with E-state index in [-0.39, 0.29) is 17.4 Å². The molecule has 0 spiro atoms. The second kappa shape index (κ2) is 9.86. The fraction of sp³-hybridized carbons (Fsp3) is 0.250. The van der Waals surface area contributed by atoms with Crippen molar-refractivity contribution in [2.45, 2.75) is 52.7 Å². The number of para-hydroxylation sites is 1. The number of hydrogen-bond donors (Lipinski definition) is 2. The molecule has 0 bridgehead atoms. The van der Waals surface area contributed by atoms with Gasteiger partial charge < -0.3 is 14.8 Å². The van der Waals surface area contributed by atoms with E-state index < -0.39 is 17.7 Å². The largest absolute Gasteiger partial charge is 0.507 e. The van der Waals surface area contributed by atoms with Gasteiger partial charge in [0.2, 0.25) is 0 Å². The lowest BCUT2D eigenvalue weighted by atomic mass is 9.94. The third kappa shape index (κ3) is 4.36. The number of benzene rings is 3. The number of hydrogen-bond acceptors (Lipinski definition) is 4. The van der Waals surface area contributed by atoms with Crippen LogP contribution in [0.1, 0.15) is 61.9 Å². The van der Waals surface area contributed by atoms with Crippen LogP contribution in [0, 0.1) is 6.92 Å². The standard InChI is InChI=1S/C32H32N2O4/c1-18(2)21-10-13-23(14-11-21)34-29(25-17-33-26-9-7-6-8-24(25)26)28(31(36)32(34)37)30(35)22-12-15-27(20(5)16-22)38-19(3)4/h6-19,29,33,35H,1-5H3/b30-28+. The van der Waals surface area contributed by atoms with Crippen LogP contribution in [-0.4, -0.2) is 27.9 Å². The van der Waals surface area contributed by atoms with Gasteiger partial charge in [-0.3, -0.25) is 14.5 Å². The van der Waals surface area contributed by atoms with Crippen molar-refractivity contribution < 1.29 is 19.4 Å². The van der Waals surface area contributed by atoms with Crippen LogP contribution in [0.3, 0.4) is 0 Å². The summed E-state index contributed by atoms with van der Waals surface area (Å²) in [7, 11) is 0. The average molecular weight is 509 g/mol. The van der Waals surface area contributed by atoms with Gasteiger partial charge in [0.05, 0.1) is 17.7 Å². The Kier molecular flexibility index (Phi) is 6.57. The van der Waals surface area contributed by atoms with E-state index in [2.05, 4.69) is 18.8 Å². The van der Waals surface area contributed by atoms with Crippen molar-refractivity contribution in [3.63, 3.8) is 0 Å². The minimum Gasteiger partial charge on any atom is -0.507 e. The number of aliphatic hydroxyl groups excluding tert-OH is 1. The first-order valence-electron chi connectivity index (χ1n) is 12.9. The lowest BCUT2D eigenvalue weighted by Crippen LogP contribution is -2.29. The van der Waals surface area contributed by atoms with Crippen molar-refractivity contribution in [3.8, 4) is 5.75 Å². The highest BCUT2D eigenvalue weighted by Crippen LogP contribution is 2.44. The molecule has 2 N–H and O–H groups in total. The van der Waals surface area contributed by atoms with Crippen molar-refractivity contribution in [2.24, 2.45) is 0 Å². The summed E-state index contributed by atoms with van der Waals surface area (Å²) < 4.78 is 5.84. The molecule has 3 aromatic carbocycles. The number of nitrogens with zero attached hydrogens (tertiary/aromatic N) is 1. The fourth-order valence-electron chi connectivity index (χ4n) is 5.07. The van der Waals surface area contributed by atoms with Crippen LogP contribution in [0.5, 0.6) is 5.75 Å². The van der Waals surface area contributed by atoms with Gasteiger partial charge in [0.25, 0.3) is 11.7 Å². The predicted molar refractivity (Wildman–Crippen MR) is 151 cm³/mol. The number of nitrogens with one attached hydrogen (secondary N) is 1. The number of ether oxygens (including phenoxy) is 1. The molecular weight excluding hydrogens is 476 g/mol. The monoisotopic (exact) mass is 508 g/mol. The molecule has 1 atom stereocenters. The van der Waals surface area contributed by atoms with Crippen LogP contribution in [0.2, 0.25) is 0 Å². The maximum absolute atomic E-state index is 13.6. The summed E-state index contributed by atoms with van der Waals surface area (Å²) in [5.74, 6) is -0.564. The maximum Gasteiger partial charge on any atom is 0.300 e. The Hall–Kier alpha value is -4.32. The van der Waals surface area contributed by atoms with Gasteiger partial charge in [-0.2, -0.15) is 0 Å². The molecule has 194 valence electrons. The van der Waals surface area contributed by atoms with E-state index in [1.165, 1.54) is 4.90 Å². The Balaban J connectivity index is 1.70. The molecule has 0 radical (unpaired) electrons. The predicted octanol–water partition coefficient (Wildman–Crippen LogP) is 7.01. The zero-order valence-electron chi connectivity index (χ0n) is 22.3. The molecule has 4 aromatic rings. The Bertz CT molecular complexity index is 1560. The number of aromatic amines is 1. The van der Waals surface area contributed by atoms with Gasteiger partial charge >= 0.3 is 0 Å². The van der Waals surface area contributed by atoms with E-state index in [1.54, 1.807) is 18.2 Å². The normalized spacial score (nSPS) is 17.2. The van der Waals surface area contributed by atoms with E-state index in [4.69, 9.17) is 4.74 Å². The number of H-pyrrole nitrogens is 1. The van der Waals surface area contributed by atoms with Gasteiger partial charge in [-0.25, -0.2) is 0 Å². The van der Waals surface area contributed by atoms with E-state index in [9.17, 15) is 14.7 Å². The SMILES string of the molecule is Cc1cc(/C(O)=C2\C(=O)C(=O)N(c3ccc(C(C)C)cc3)C2c2c[nH]c3ccccc23)ccc1OC(C)C. The number of aliphatic hydroxyl groups is 1. The number of anilines is 1. The highest BCUT2D eigenvalue weighted by Gasteiger charge is 2.47. The third-order valence-corrected chi connectivity index (χ3v) is 7.01. The van der Waals surface area contributed by atoms with Crippen molar-refractivity contribution >= 4 is 34.0 Å². The lowest BCUT2D eigenvalue weighted by molar-refractivity contribution is -0.132. The highest BCUT2D eigenvalue weighted by atomic mass is 16.5. The smallest absolute Gasteiger partial charge is 0.300 e. The summed E-state index contributed by atoms with van der Waals surface area (Å²) in [6, 6.07) is 19.9. The molecule has 38 heavy (non-hydrogen) atoms. The Morgan fingerprint density at radius 2 is 1.68 bits per heavy atom. The average Bonchev–Trinajstić information content (AvgIpc) is 3.43. The number of aromatic nitrogens is 1. The van der Waals surface area contributed by atoms with Gasteiger partial charge in [0, 0.05) is 33.9 Å². The van der Waals surface area contributed by atoms with Gasteiger partial charge in [-0.05, 0) is 74.2 Å². The van der Waals surface area contributed by atoms with Crippen LogP contribution in [0.4, 0.5) is 5.69 Å². The second-order valence-electron chi connectivity index (χ2n) is 10.4. The lowest BCUT2D eigenvalue weighted by Gasteiger charge is -2.25. The Labute approximate surface area is 222 Å². The van der Waals surface area contributed by atoms with Crippen molar-refractivity contribution in [3.05, 3.63) is 101 Å². The minimum absolute atomic E-state index is 0.00225. The quantitative estimate of drug-likeness (QED) is 0.167. The van der Waals surface area contributed by atoms with Crippen molar-refractivity contribution in [1.82, 2.24) is 4.98 Å². The van der Waals surface area contributed by atoms with Gasteiger partial charge in [0.15, 0.2) is 0 Å². The number of carbonyl (C=O) groups is 2. The topological polar surface area (TPSA) is 82.6 Å². The summed E-state index contributed by atoms with van der Waals surface area (Å²) in [5, 5.41) is 12.4. The summed E-state index contributed by atoms with van der Waals surface area (Å²) in [5.41, 5.74) is 4.70. The number of ketones is 1. The van der Waals surface area contributed by atoms with E-state index in [1.807, 2.05) is 75.5 Å². The molecule has 1 fully saturated rings. The number of amides is 1. The first kappa shape index (κ1) is 25.3. The molecular formula is C32H32N2O4. The zero-order chi connectivity index (χ0) is 27.1. The number of aryl methyl sites for hydroxylation is 1. The zero-order valence-corrected chi connectivity index (χ0v) is 22.3. The molecule has 1 unspecified atom stereocenters. The van der Waals surface area contributed by atoms with Crippen molar-refractivity contribution in [2.75, 3.05) is 4.90 Å². The molecule has 1 aliphatic rings. The molecule has 1 aromatic heterocycles. The first-order chi connectivity index (χ1) is 18.2. The van der Waals surface area contributed by atoms with Crippen LogP contribution in [0.15, 0.2) is 78.5 Å². The van der Waals surface area contributed by atoms with E-state index in [0.717, 1.165) is 27.6 Å². The van der Waals surface area contributed by atoms with Gasteiger partial charge in [-0.1, -0.05) is 44.2 Å². The molecule has 1 amide bonds. The van der Waals surface area contributed by atoms with Gasteiger partial charge in [0.1, 0.15) is 11.5 Å². The fourth-order valence-corrected chi connectivity index (χ4v) is 5.07. The maximum atomic E-state index is 13.6. The number of fused-ring (bicyclic) bond motifs is 1. The van der Waals surface area contributed by atoms with E-state index >= 15 is 0 Å². The third-order valence-electron chi connectivity index (χ3n) is 7.01. The van der Waals surface area contributed by atoms with E-state index in [0.29, 0.717) is 22.9 Å². The number of rotatable bonds is 6. The minimum atomic E-state index is -0.803. The highest BCUT2D eigenvalue weighted by molar-refractivity contribution is 6.51.